The number of rotatable bonds is 6. The fraction of sp³-hybridized carbons (Fsp3) is 0.250. The minimum Gasteiger partial charge on any atom is -0.497 e. The zero-order valence-electron chi connectivity index (χ0n) is 15.2. The van der Waals surface area contributed by atoms with Gasteiger partial charge in [-0.1, -0.05) is 12.1 Å². The third-order valence-electron chi connectivity index (χ3n) is 4.28. The van der Waals surface area contributed by atoms with E-state index in [4.69, 9.17) is 9.47 Å². The second-order valence-corrected chi connectivity index (χ2v) is 6.27. The van der Waals surface area contributed by atoms with Gasteiger partial charge in [-0.25, -0.2) is 4.39 Å². The summed E-state index contributed by atoms with van der Waals surface area (Å²) in [5.41, 5.74) is 0.893. The molecule has 2 aromatic rings. The van der Waals surface area contributed by atoms with E-state index in [-0.39, 0.29) is 24.6 Å². The third-order valence-corrected chi connectivity index (χ3v) is 4.28. The number of anilines is 2. The van der Waals surface area contributed by atoms with E-state index < -0.39 is 30.2 Å². The summed E-state index contributed by atoms with van der Waals surface area (Å²) in [5.74, 6) is -1.98. The summed E-state index contributed by atoms with van der Waals surface area (Å²) in [6.45, 7) is -0.352. The lowest BCUT2D eigenvalue weighted by atomic mass is 10.1. The highest BCUT2D eigenvalue weighted by Crippen LogP contribution is 2.28. The number of hydrogen-bond donors (Lipinski definition) is 1. The molecule has 1 heterocycles. The van der Waals surface area contributed by atoms with Gasteiger partial charge < -0.3 is 19.7 Å². The fourth-order valence-electron chi connectivity index (χ4n) is 2.91. The molecule has 146 valence electrons. The highest BCUT2D eigenvalue weighted by molar-refractivity contribution is 6.00. The van der Waals surface area contributed by atoms with Gasteiger partial charge in [0.2, 0.25) is 5.91 Å². The van der Waals surface area contributed by atoms with Crippen LogP contribution in [0.5, 0.6) is 5.75 Å². The predicted octanol–water partition coefficient (Wildman–Crippen LogP) is 2.37. The number of esters is 1. The number of benzene rings is 2. The molecule has 0 aliphatic carbocycles. The second-order valence-electron chi connectivity index (χ2n) is 6.27. The maximum absolute atomic E-state index is 13.1. The van der Waals surface area contributed by atoms with Gasteiger partial charge in [0.25, 0.3) is 5.91 Å². The van der Waals surface area contributed by atoms with E-state index >= 15 is 0 Å². The number of carbonyl (C=O) groups is 3. The van der Waals surface area contributed by atoms with E-state index in [0.29, 0.717) is 11.4 Å². The average Bonchev–Trinajstić information content (AvgIpc) is 3.08. The quantitative estimate of drug-likeness (QED) is 0.771. The number of carbonyl (C=O) groups excluding carboxylic acids is 3. The van der Waals surface area contributed by atoms with Crippen molar-refractivity contribution < 1.29 is 28.2 Å². The van der Waals surface area contributed by atoms with Crippen LogP contribution in [0.15, 0.2) is 48.5 Å². The summed E-state index contributed by atoms with van der Waals surface area (Å²) in [6, 6.07) is 12.3. The zero-order chi connectivity index (χ0) is 20.1. The Kier molecular flexibility index (Phi) is 5.88. The third kappa shape index (κ3) is 4.64. The number of nitrogens with zero attached hydrogens (tertiary/aromatic N) is 1. The predicted molar refractivity (Wildman–Crippen MR) is 99.4 cm³/mol. The summed E-state index contributed by atoms with van der Waals surface area (Å²) < 4.78 is 23.3. The van der Waals surface area contributed by atoms with E-state index in [9.17, 15) is 18.8 Å². The SMILES string of the molecule is COc1cccc(N2CC(C(=O)OCC(=O)Nc3cccc(F)c3)CC2=O)c1. The summed E-state index contributed by atoms with van der Waals surface area (Å²) in [6.07, 6.45) is 0.00155. The summed E-state index contributed by atoms with van der Waals surface area (Å²) in [7, 11) is 1.53. The Hall–Kier alpha value is -3.42. The van der Waals surface area contributed by atoms with E-state index in [1.54, 1.807) is 24.3 Å². The van der Waals surface area contributed by atoms with Crippen LogP contribution in [0.3, 0.4) is 0 Å². The first-order valence-electron chi connectivity index (χ1n) is 8.62. The van der Waals surface area contributed by atoms with Crippen molar-refractivity contribution in [1.82, 2.24) is 0 Å². The van der Waals surface area contributed by atoms with E-state index in [1.165, 1.54) is 30.2 Å². The average molecular weight is 386 g/mol. The van der Waals surface area contributed by atoms with Crippen LogP contribution >= 0.6 is 0 Å². The Balaban J connectivity index is 1.53. The van der Waals surface area contributed by atoms with E-state index in [2.05, 4.69) is 5.32 Å². The van der Waals surface area contributed by atoms with Crippen LogP contribution in [0, 0.1) is 11.7 Å². The van der Waals surface area contributed by atoms with Crippen LogP contribution in [-0.2, 0) is 19.1 Å². The van der Waals surface area contributed by atoms with Crippen molar-refractivity contribution in [3.05, 3.63) is 54.3 Å². The van der Waals surface area contributed by atoms with Crippen molar-refractivity contribution in [2.45, 2.75) is 6.42 Å². The van der Waals surface area contributed by atoms with E-state index in [1.807, 2.05) is 0 Å². The van der Waals surface area contributed by atoms with Gasteiger partial charge >= 0.3 is 5.97 Å². The van der Waals surface area contributed by atoms with Gasteiger partial charge in [-0.15, -0.1) is 0 Å². The van der Waals surface area contributed by atoms with Gasteiger partial charge in [-0.05, 0) is 30.3 Å². The number of ether oxygens (including phenoxy) is 2. The highest BCUT2D eigenvalue weighted by atomic mass is 19.1. The fourth-order valence-corrected chi connectivity index (χ4v) is 2.91. The second kappa shape index (κ2) is 8.51. The van der Waals surface area contributed by atoms with Crippen molar-refractivity contribution in [2.24, 2.45) is 5.92 Å². The van der Waals surface area contributed by atoms with Crippen LogP contribution in [0.1, 0.15) is 6.42 Å². The molecule has 3 rings (SSSR count). The Morgan fingerprint density at radius 3 is 2.75 bits per heavy atom. The van der Waals surface area contributed by atoms with Crippen LogP contribution in [0.2, 0.25) is 0 Å². The standard InChI is InChI=1S/C20H19FN2O5/c1-27-17-7-3-6-16(10-17)23-11-13(8-19(23)25)20(26)28-12-18(24)22-15-5-2-4-14(21)9-15/h2-7,9-10,13H,8,11-12H2,1H3,(H,22,24). The Labute approximate surface area is 161 Å². The van der Waals surface area contributed by atoms with Gasteiger partial charge in [-0.2, -0.15) is 0 Å². The van der Waals surface area contributed by atoms with Crippen LogP contribution < -0.4 is 15.0 Å². The molecule has 7 nitrogen and oxygen atoms in total. The zero-order valence-corrected chi connectivity index (χ0v) is 15.2. The van der Waals surface area contributed by atoms with Crippen LogP contribution in [-0.4, -0.2) is 38.0 Å². The molecule has 0 aromatic heterocycles. The maximum Gasteiger partial charge on any atom is 0.311 e. The summed E-state index contributed by atoms with van der Waals surface area (Å²) in [5, 5.41) is 2.44. The summed E-state index contributed by atoms with van der Waals surface area (Å²) >= 11 is 0. The maximum atomic E-state index is 13.1. The number of halogens is 1. The normalized spacial score (nSPS) is 16.0. The monoisotopic (exact) mass is 386 g/mol. The molecule has 1 fully saturated rings. The topological polar surface area (TPSA) is 84.9 Å². The molecular formula is C20H19FN2O5. The smallest absolute Gasteiger partial charge is 0.311 e. The van der Waals surface area contributed by atoms with Crippen molar-refractivity contribution in [2.75, 3.05) is 30.5 Å². The molecule has 1 atom stereocenters. The molecule has 1 aliphatic rings. The molecular weight excluding hydrogens is 367 g/mol. The summed E-state index contributed by atoms with van der Waals surface area (Å²) in [4.78, 5) is 37.8. The Morgan fingerprint density at radius 2 is 2.00 bits per heavy atom. The number of amides is 2. The lowest BCUT2D eigenvalue weighted by molar-refractivity contribution is -0.151. The molecule has 28 heavy (non-hydrogen) atoms. The highest BCUT2D eigenvalue weighted by Gasteiger charge is 2.36. The Morgan fingerprint density at radius 1 is 1.21 bits per heavy atom. The first-order chi connectivity index (χ1) is 13.5. The van der Waals surface area contributed by atoms with Crippen molar-refractivity contribution in [3.63, 3.8) is 0 Å². The lowest BCUT2D eigenvalue weighted by Gasteiger charge is -2.17. The van der Waals surface area contributed by atoms with Crippen LogP contribution in [0.25, 0.3) is 0 Å². The van der Waals surface area contributed by atoms with Gasteiger partial charge in [0.1, 0.15) is 11.6 Å². The molecule has 0 bridgehead atoms. The molecule has 0 saturated carbocycles. The molecule has 1 saturated heterocycles. The molecule has 2 aromatic carbocycles. The first kappa shape index (κ1) is 19.3. The van der Waals surface area contributed by atoms with Crippen molar-refractivity contribution >= 4 is 29.2 Å². The molecule has 0 radical (unpaired) electrons. The lowest BCUT2D eigenvalue weighted by Crippen LogP contribution is -2.28. The molecule has 0 spiro atoms. The molecule has 1 aliphatic heterocycles. The van der Waals surface area contributed by atoms with Gasteiger partial charge in [-0.3, -0.25) is 14.4 Å². The van der Waals surface area contributed by atoms with Gasteiger partial charge in [0.15, 0.2) is 6.61 Å². The molecule has 1 N–H and O–H groups in total. The van der Waals surface area contributed by atoms with Crippen molar-refractivity contribution in [1.29, 1.82) is 0 Å². The molecule has 1 unspecified atom stereocenters. The van der Waals surface area contributed by atoms with E-state index in [0.717, 1.165) is 6.07 Å². The molecule has 8 heteroatoms. The first-order valence-corrected chi connectivity index (χ1v) is 8.62. The minimum absolute atomic E-state index is 0.00155. The number of nitrogens with one attached hydrogen (secondary N) is 1. The molecule has 2 amide bonds. The minimum atomic E-state index is -0.666. The number of hydrogen-bond acceptors (Lipinski definition) is 5. The Bertz CT molecular complexity index is 902. The van der Waals surface area contributed by atoms with Crippen LogP contribution in [0.4, 0.5) is 15.8 Å². The largest absolute Gasteiger partial charge is 0.497 e. The van der Waals surface area contributed by atoms with Gasteiger partial charge in [0.05, 0.1) is 13.0 Å². The van der Waals surface area contributed by atoms with Gasteiger partial charge in [0, 0.05) is 30.4 Å². The van der Waals surface area contributed by atoms with Crippen molar-refractivity contribution in [3.8, 4) is 5.75 Å². The number of methoxy groups -OCH3 is 1.